The minimum absolute atomic E-state index is 0.656. The van der Waals surface area contributed by atoms with Crippen LogP contribution in [0.4, 0.5) is 0 Å². The summed E-state index contributed by atoms with van der Waals surface area (Å²) in [5, 5.41) is 3.73. The monoisotopic (exact) mass is 220 g/mol. The second-order valence-electron chi connectivity index (χ2n) is 5.16. The molecule has 3 atom stereocenters. The number of aromatic nitrogens is 1. The van der Waals surface area contributed by atoms with Crippen LogP contribution in [0.2, 0.25) is 0 Å². The Morgan fingerprint density at radius 1 is 1.25 bits per heavy atom. The lowest BCUT2D eigenvalue weighted by Crippen LogP contribution is -2.44. The van der Waals surface area contributed by atoms with Crippen LogP contribution in [0.5, 0.6) is 0 Å². The second kappa shape index (κ2) is 5.53. The molecule has 2 rings (SSSR count). The van der Waals surface area contributed by atoms with E-state index in [9.17, 15) is 0 Å². The normalized spacial score (nSPS) is 30.5. The molecule has 0 radical (unpaired) electrons. The molecule has 1 aliphatic rings. The van der Waals surface area contributed by atoms with Gasteiger partial charge in [0.05, 0.1) is 0 Å². The third-order valence-corrected chi connectivity index (χ3v) is 3.66. The number of nitrogens with zero attached hydrogens (tertiary/aromatic N) is 1. The zero-order valence-electron chi connectivity index (χ0n) is 10.5. The van der Waals surface area contributed by atoms with Gasteiger partial charge in [-0.05, 0) is 38.3 Å². The Labute approximate surface area is 99.0 Å². The largest absolute Gasteiger partial charge is 0.351 e. The van der Waals surface area contributed by atoms with Crippen molar-refractivity contribution >= 4 is 0 Å². The van der Waals surface area contributed by atoms with Crippen LogP contribution < -0.4 is 5.32 Å². The maximum Gasteiger partial charge on any atom is 0.0360 e. The third kappa shape index (κ3) is 2.88. The highest BCUT2D eigenvalue weighted by atomic mass is 15.0. The third-order valence-electron chi connectivity index (χ3n) is 3.66. The van der Waals surface area contributed by atoms with Crippen molar-refractivity contribution in [2.24, 2.45) is 0 Å². The zero-order valence-corrected chi connectivity index (χ0v) is 10.5. The minimum Gasteiger partial charge on any atom is -0.351 e. The number of nitrogens with one attached hydrogen (secondary N) is 1. The maximum atomic E-state index is 3.73. The molecule has 1 N–H and O–H groups in total. The fraction of sp³-hybridized carbons (Fsp3) is 0.714. The Balaban J connectivity index is 1.94. The lowest BCUT2D eigenvalue weighted by atomic mass is 9.91. The van der Waals surface area contributed by atoms with Crippen LogP contribution in [0.1, 0.15) is 52.0 Å². The molecule has 1 saturated heterocycles. The van der Waals surface area contributed by atoms with Gasteiger partial charge in [-0.25, -0.2) is 0 Å². The van der Waals surface area contributed by atoms with Crippen LogP contribution in [0, 0.1) is 0 Å². The number of unbranched alkanes of at least 4 members (excludes halogenated alkanes) is 1. The molecule has 0 saturated carbocycles. The summed E-state index contributed by atoms with van der Waals surface area (Å²) in [6.07, 6.45) is 11.0. The average molecular weight is 220 g/mol. The van der Waals surface area contributed by atoms with Crippen molar-refractivity contribution in [3.8, 4) is 0 Å². The van der Waals surface area contributed by atoms with E-state index in [4.69, 9.17) is 0 Å². The molecule has 90 valence electrons. The van der Waals surface area contributed by atoms with Crippen LogP contribution in [-0.2, 0) is 0 Å². The predicted molar refractivity (Wildman–Crippen MR) is 68.6 cm³/mol. The Morgan fingerprint density at radius 2 is 2.00 bits per heavy atom. The highest BCUT2D eigenvalue weighted by Crippen LogP contribution is 2.27. The fourth-order valence-electron chi connectivity index (χ4n) is 2.86. The number of hydrogen-bond donors (Lipinski definition) is 1. The summed E-state index contributed by atoms with van der Waals surface area (Å²) in [6, 6.07) is 6.34. The lowest BCUT2D eigenvalue weighted by Gasteiger charge is -2.35. The summed E-state index contributed by atoms with van der Waals surface area (Å²) >= 11 is 0. The maximum absolute atomic E-state index is 3.73. The van der Waals surface area contributed by atoms with Gasteiger partial charge in [-0.2, -0.15) is 0 Å². The van der Waals surface area contributed by atoms with E-state index in [0.29, 0.717) is 12.1 Å². The van der Waals surface area contributed by atoms with Crippen LogP contribution in [0.3, 0.4) is 0 Å². The van der Waals surface area contributed by atoms with E-state index in [2.05, 4.69) is 48.3 Å². The molecule has 2 heteroatoms. The quantitative estimate of drug-likeness (QED) is 0.823. The standard InChI is InChI=1S/C14H24N2/c1-3-4-7-13-11-14(10-12(2)15-13)16-8-5-6-9-16/h5-6,8-9,12-15H,3-4,7,10-11H2,1-2H3. The van der Waals surface area contributed by atoms with Gasteiger partial charge in [0, 0.05) is 30.5 Å². The summed E-state index contributed by atoms with van der Waals surface area (Å²) in [6.45, 7) is 4.59. The first-order chi connectivity index (χ1) is 7.79. The van der Waals surface area contributed by atoms with Crippen LogP contribution in [-0.4, -0.2) is 16.7 Å². The molecular formula is C14H24N2. The molecule has 2 nitrogen and oxygen atoms in total. The van der Waals surface area contributed by atoms with Gasteiger partial charge in [0.15, 0.2) is 0 Å². The van der Waals surface area contributed by atoms with Gasteiger partial charge in [0.2, 0.25) is 0 Å². The van der Waals surface area contributed by atoms with Gasteiger partial charge in [-0.15, -0.1) is 0 Å². The molecule has 16 heavy (non-hydrogen) atoms. The van der Waals surface area contributed by atoms with E-state index < -0.39 is 0 Å². The summed E-state index contributed by atoms with van der Waals surface area (Å²) in [5.74, 6) is 0. The molecular weight excluding hydrogens is 196 g/mol. The molecule has 0 spiro atoms. The van der Waals surface area contributed by atoms with Crippen LogP contribution in [0.15, 0.2) is 24.5 Å². The van der Waals surface area contributed by atoms with Gasteiger partial charge < -0.3 is 9.88 Å². The molecule has 2 heterocycles. The molecule has 0 amide bonds. The van der Waals surface area contributed by atoms with Gasteiger partial charge in [-0.3, -0.25) is 0 Å². The van der Waals surface area contributed by atoms with Crippen molar-refractivity contribution in [3.63, 3.8) is 0 Å². The lowest BCUT2D eigenvalue weighted by molar-refractivity contribution is 0.242. The highest BCUT2D eigenvalue weighted by molar-refractivity contribution is 4.96. The van der Waals surface area contributed by atoms with Crippen LogP contribution in [0.25, 0.3) is 0 Å². The van der Waals surface area contributed by atoms with Crippen molar-refractivity contribution in [2.45, 2.75) is 64.1 Å². The van der Waals surface area contributed by atoms with Gasteiger partial charge in [-0.1, -0.05) is 19.8 Å². The Morgan fingerprint density at radius 3 is 2.69 bits per heavy atom. The average Bonchev–Trinajstić information content (AvgIpc) is 2.79. The first-order valence-corrected chi connectivity index (χ1v) is 6.68. The number of rotatable bonds is 4. The summed E-state index contributed by atoms with van der Waals surface area (Å²) in [5.41, 5.74) is 0. The molecule has 1 aromatic heterocycles. The van der Waals surface area contributed by atoms with E-state index in [0.717, 1.165) is 6.04 Å². The SMILES string of the molecule is CCCCC1CC(n2cccc2)CC(C)N1. The molecule has 0 bridgehead atoms. The first-order valence-electron chi connectivity index (χ1n) is 6.68. The van der Waals surface area contributed by atoms with Crippen molar-refractivity contribution in [1.82, 2.24) is 9.88 Å². The van der Waals surface area contributed by atoms with Gasteiger partial charge >= 0.3 is 0 Å². The smallest absolute Gasteiger partial charge is 0.0360 e. The van der Waals surface area contributed by atoms with E-state index >= 15 is 0 Å². The topological polar surface area (TPSA) is 17.0 Å². The van der Waals surface area contributed by atoms with Crippen LogP contribution >= 0.6 is 0 Å². The van der Waals surface area contributed by atoms with E-state index in [1.54, 1.807) is 0 Å². The second-order valence-corrected chi connectivity index (χ2v) is 5.16. The van der Waals surface area contributed by atoms with Crippen molar-refractivity contribution < 1.29 is 0 Å². The van der Waals surface area contributed by atoms with E-state index in [1.807, 2.05) is 0 Å². The summed E-state index contributed by atoms with van der Waals surface area (Å²) in [4.78, 5) is 0. The Hall–Kier alpha value is -0.760. The van der Waals surface area contributed by atoms with Gasteiger partial charge in [0.1, 0.15) is 0 Å². The first kappa shape index (κ1) is 11.7. The molecule has 3 unspecified atom stereocenters. The molecule has 0 aromatic carbocycles. The minimum atomic E-state index is 0.656. The fourth-order valence-corrected chi connectivity index (χ4v) is 2.86. The van der Waals surface area contributed by atoms with E-state index in [-0.39, 0.29) is 0 Å². The summed E-state index contributed by atoms with van der Waals surface area (Å²) in [7, 11) is 0. The highest BCUT2D eigenvalue weighted by Gasteiger charge is 2.25. The molecule has 1 aromatic rings. The van der Waals surface area contributed by atoms with Crippen molar-refractivity contribution in [1.29, 1.82) is 0 Å². The Bertz CT molecular complexity index is 292. The van der Waals surface area contributed by atoms with Crippen molar-refractivity contribution in [2.75, 3.05) is 0 Å². The Kier molecular flexibility index (Phi) is 4.05. The summed E-state index contributed by atoms with van der Waals surface area (Å²) < 4.78 is 2.39. The molecule has 1 fully saturated rings. The number of piperidine rings is 1. The molecule has 0 aliphatic carbocycles. The van der Waals surface area contributed by atoms with Crippen molar-refractivity contribution in [3.05, 3.63) is 24.5 Å². The zero-order chi connectivity index (χ0) is 11.4. The molecule has 1 aliphatic heterocycles. The van der Waals surface area contributed by atoms with E-state index in [1.165, 1.54) is 32.1 Å². The predicted octanol–water partition coefficient (Wildman–Crippen LogP) is 3.36. The van der Waals surface area contributed by atoms with Gasteiger partial charge in [0.25, 0.3) is 0 Å². The number of hydrogen-bond acceptors (Lipinski definition) is 1.